The minimum atomic E-state index is -3.29. The van der Waals surface area contributed by atoms with E-state index in [0.717, 1.165) is 0 Å². The van der Waals surface area contributed by atoms with Crippen LogP contribution in [0.25, 0.3) is 0 Å². The molecule has 0 fully saturated rings. The molecule has 0 rings (SSSR count). The van der Waals surface area contributed by atoms with E-state index in [9.17, 15) is 0 Å². The van der Waals surface area contributed by atoms with Crippen LogP contribution in [0.2, 0.25) is 0 Å². The quantitative estimate of drug-likeness (QED) is 0.718. The molecule has 0 atom stereocenters. The number of nitrogens with one attached hydrogen (secondary N) is 1. The third-order valence-electron chi connectivity index (χ3n) is 0. The van der Waals surface area contributed by atoms with Gasteiger partial charge in [0.2, 0.25) is 0 Å². The average molecular weight is 278 g/mol. The van der Waals surface area contributed by atoms with Crippen LogP contribution in [0, 0.1) is 0 Å². The van der Waals surface area contributed by atoms with E-state index in [2.05, 4.69) is 5.32 Å². The van der Waals surface area contributed by atoms with Crippen molar-refractivity contribution in [1.82, 2.24) is 5.32 Å². The van der Waals surface area contributed by atoms with Crippen LogP contribution in [0.15, 0.2) is 0 Å². The molecule has 1 N–H and O–H groups in total. The van der Waals surface area contributed by atoms with Gasteiger partial charge in [0.1, 0.15) is 0 Å². The van der Waals surface area contributed by atoms with Crippen LogP contribution in [0.5, 0.6) is 0 Å². The van der Waals surface area contributed by atoms with Gasteiger partial charge < -0.3 is 5.32 Å². The molecule has 0 spiro atoms. The van der Waals surface area contributed by atoms with Crippen molar-refractivity contribution in [3.63, 3.8) is 0 Å². The van der Waals surface area contributed by atoms with Crippen LogP contribution in [0.4, 0.5) is 0 Å². The van der Waals surface area contributed by atoms with Gasteiger partial charge in [-0.1, -0.05) is 0 Å². The van der Waals surface area contributed by atoms with E-state index < -0.39 is 15.5 Å². The SMILES string of the molecule is CNC.[Cl][Zr]([Cl])([Cl])[Cl]. The fourth-order valence-electron chi connectivity index (χ4n) is 0. The van der Waals surface area contributed by atoms with Crippen molar-refractivity contribution in [1.29, 1.82) is 0 Å². The monoisotopic (exact) mass is 275 g/mol. The molecule has 0 unspecified atom stereocenters. The zero-order valence-electron chi connectivity index (χ0n) is 4.51. The first kappa shape index (κ1) is 12.7. The first-order chi connectivity index (χ1) is 3.41. The third-order valence-corrected chi connectivity index (χ3v) is 0. The van der Waals surface area contributed by atoms with E-state index in [1.54, 1.807) is 0 Å². The van der Waals surface area contributed by atoms with E-state index in [0.29, 0.717) is 0 Å². The van der Waals surface area contributed by atoms with E-state index in [1.165, 1.54) is 0 Å². The maximum absolute atomic E-state index is 5.04. The van der Waals surface area contributed by atoms with Gasteiger partial charge in [-0.25, -0.2) is 0 Å². The molecule has 0 radical (unpaired) electrons. The van der Waals surface area contributed by atoms with Gasteiger partial charge in [0.25, 0.3) is 0 Å². The molecule has 0 saturated carbocycles. The molecule has 0 heterocycles. The molecule has 8 heavy (non-hydrogen) atoms. The predicted octanol–water partition coefficient (Wildman–Crippen LogP) is 2.59. The second-order valence-corrected chi connectivity index (χ2v) is 23.3. The molecule has 6 heteroatoms. The molecule has 52 valence electrons. The topological polar surface area (TPSA) is 12.0 Å². The Morgan fingerprint density at radius 3 is 1.00 bits per heavy atom. The Kier molecular flexibility index (Phi) is 11.3. The van der Waals surface area contributed by atoms with Crippen LogP contribution in [0.3, 0.4) is 0 Å². The van der Waals surface area contributed by atoms with Crippen LogP contribution >= 0.6 is 34.1 Å². The van der Waals surface area contributed by atoms with Gasteiger partial charge in [0.05, 0.1) is 0 Å². The van der Waals surface area contributed by atoms with E-state index >= 15 is 0 Å². The van der Waals surface area contributed by atoms with Crippen molar-refractivity contribution in [2.24, 2.45) is 0 Å². The molecule has 0 aromatic heterocycles. The van der Waals surface area contributed by atoms with E-state index in [1.807, 2.05) is 14.1 Å². The van der Waals surface area contributed by atoms with Crippen LogP contribution in [-0.2, 0) is 15.5 Å². The molecular weight excluding hydrogens is 271 g/mol. The van der Waals surface area contributed by atoms with Crippen molar-refractivity contribution < 1.29 is 15.5 Å². The van der Waals surface area contributed by atoms with Gasteiger partial charge in [0.15, 0.2) is 0 Å². The summed E-state index contributed by atoms with van der Waals surface area (Å²) >= 11 is -3.29. The van der Waals surface area contributed by atoms with Crippen LogP contribution < -0.4 is 5.32 Å². The number of halogens is 4. The van der Waals surface area contributed by atoms with Crippen molar-refractivity contribution in [2.75, 3.05) is 14.1 Å². The van der Waals surface area contributed by atoms with Crippen LogP contribution in [-0.4, -0.2) is 14.1 Å². The van der Waals surface area contributed by atoms with Gasteiger partial charge in [-0.3, -0.25) is 0 Å². The summed E-state index contributed by atoms with van der Waals surface area (Å²) in [6.45, 7) is 0. The molecule has 0 aliphatic carbocycles. The molecule has 1 nitrogen and oxygen atoms in total. The molecular formula is C2H7Cl4NZr. The summed E-state index contributed by atoms with van der Waals surface area (Å²) in [5, 5.41) is 2.75. The Hall–Kier alpha value is 2.00. The Bertz CT molecular complexity index is 37.8. The summed E-state index contributed by atoms with van der Waals surface area (Å²) in [5.41, 5.74) is 0. The molecule has 0 bridgehead atoms. The molecule has 0 saturated heterocycles. The molecule has 0 aliphatic rings. The van der Waals surface area contributed by atoms with Crippen molar-refractivity contribution in [2.45, 2.75) is 0 Å². The second-order valence-electron chi connectivity index (χ2n) is 0.929. The Morgan fingerprint density at radius 2 is 1.00 bits per heavy atom. The Balaban J connectivity index is 0. The van der Waals surface area contributed by atoms with E-state index in [4.69, 9.17) is 34.1 Å². The van der Waals surface area contributed by atoms with Crippen molar-refractivity contribution in [3.05, 3.63) is 0 Å². The number of rotatable bonds is 0. The first-order valence-electron chi connectivity index (χ1n) is 1.76. The van der Waals surface area contributed by atoms with E-state index in [-0.39, 0.29) is 0 Å². The van der Waals surface area contributed by atoms with Gasteiger partial charge in [-0.2, -0.15) is 0 Å². The molecule has 0 aromatic carbocycles. The standard InChI is InChI=1S/C2H7N.4ClH.Zr/c1-3-2;;;;;/h3H,1-2H3;4*1H;/q;;;;;+4/p-4. The molecule has 0 amide bonds. The fraction of sp³-hybridized carbons (Fsp3) is 1.00. The predicted molar refractivity (Wildman–Crippen MR) is 38.4 cm³/mol. The molecule has 0 aromatic rings. The summed E-state index contributed by atoms with van der Waals surface area (Å²) < 4.78 is 0. The van der Waals surface area contributed by atoms with Crippen molar-refractivity contribution in [3.8, 4) is 0 Å². The zero-order valence-corrected chi connectivity index (χ0v) is 9.99. The summed E-state index contributed by atoms with van der Waals surface area (Å²) in [4.78, 5) is 0. The normalized spacial score (nSPS) is 9.75. The average Bonchev–Trinajstić information content (AvgIpc) is 1.27. The minimum absolute atomic E-state index is 1.88. The van der Waals surface area contributed by atoms with Gasteiger partial charge in [-0.05, 0) is 14.1 Å². The second kappa shape index (κ2) is 7.11. The summed E-state index contributed by atoms with van der Waals surface area (Å²) in [7, 11) is 23.9. The summed E-state index contributed by atoms with van der Waals surface area (Å²) in [6.07, 6.45) is 0. The molecule has 0 aliphatic heterocycles. The van der Waals surface area contributed by atoms with Crippen molar-refractivity contribution >= 4 is 34.1 Å². The Labute approximate surface area is 68.2 Å². The number of hydrogen-bond acceptors (Lipinski definition) is 1. The van der Waals surface area contributed by atoms with Gasteiger partial charge in [0, 0.05) is 0 Å². The third kappa shape index (κ3) is 97.8. The Morgan fingerprint density at radius 1 is 1.00 bits per heavy atom. The maximum atomic E-state index is 5.04. The zero-order chi connectivity index (χ0) is 7.21. The summed E-state index contributed by atoms with van der Waals surface area (Å²) in [5.74, 6) is 0. The number of hydrogen-bond donors (Lipinski definition) is 1. The first-order valence-corrected chi connectivity index (χ1v) is 14.4. The van der Waals surface area contributed by atoms with Gasteiger partial charge >= 0.3 is 49.5 Å². The fourth-order valence-corrected chi connectivity index (χ4v) is 0. The van der Waals surface area contributed by atoms with Crippen LogP contribution in [0.1, 0.15) is 0 Å². The van der Waals surface area contributed by atoms with Gasteiger partial charge in [-0.15, -0.1) is 0 Å². The summed E-state index contributed by atoms with van der Waals surface area (Å²) in [6, 6.07) is 0.